The van der Waals surface area contributed by atoms with Crippen molar-refractivity contribution in [1.29, 1.82) is 0 Å². The van der Waals surface area contributed by atoms with Crippen LogP contribution in [0.15, 0.2) is 29.6 Å². The Bertz CT molecular complexity index is 639. The van der Waals surface area contributed by atoms with Crippen LogP contribution >= 0.6 is 22.7 Å². The minimum absolute atomic E-state index is 0.851. The van der Waals surface area contributed by atoms with Gasteiger partial charge in [0.25, 0.3) is 0 Å². The maximum atomic E-state index is 4.65. The zero-order chi connectivity index (χ0) is 13.1. The molecule has 1 N–H and O–H groups in total. The molecule has 2 heterocycles. The van der Waals surface area contributed by atoms with Gasteiger partial charge in [-0.25, -0.2) is 9.97 Å². The first-order chi connectivity index (χ1) is 9.36. The zero-order valence-electron chi connectivity index (χ0n) is 10.7. The third-order valence-electron chi connectivity index (χ3n) is 2.77. The number of fused-ring (bicyclic) bond motifs is 1. The first-order valence-corrected chi connectivity index (χ1v) is 8.07. The maximum absolute atomic E-state index is 4.65. The Morgan fingerprint density at radius 2 is 2.11 bits per heavy atom. The van der Waals surface area contributed by atoms with Crippen LogP contribution in [0.1, 0.15) is 18.4 Å². The van der Waals surface area contributed by atoms with Crippen molar-refractivity contribution < 1.29 is 0 Å². The number of thiazole rings is 2. The van der Waals surface area contributed by atoms with E-state index in [4.69, 9.17) is 0 Å². The van der Waals surface area contributed by atoms with Crippen molar-refractivity contribution in [1.82, 2.24) is 15.3 Å². The molecule has 3 rings (SSSR count). The van der Waals surface area contributed by atoms with Gasteiger partial charge >= 0.3 is 0 Å². The third kappa shape index (κ3) is 2.83. The summed E-state index contributed by atoms with van der Waals surface area (Å²) in [5.41, 5.74) is 2.06. The Hall–Kier alpha value is -1.30. The fourth-order valence-corrected chi connectivity index (χ4v) is 3.59. The van der Waals surface area contributed by atoms with E-state index in [1.807, 2.05) is 18.2 Å². The lowest BCUT2D eigenvalue weighted by Gasteiger charge is -1.97. The second-order valence-corrected chi connectivity index (χ2v) is 6.26. The lowest BCUT2D eigenvalue weighted by molar-refractivity contribution is 0.673. The molecule has 1 aromatic carbocycles. The molecule has 19 heavy (non-hydrogen) atoms. The van der Waals surface area contributed by atoms with Gasteiger partial charge in [0.15, 0.2) is 0 Å². The number of benzene rings is 1. The van der Waals surface area contributed by atoms with Gasteiger partial charge in [-0.1, -0.05) is 19.1 Å². The molecular weight excluding hydrogens is 274 g/mol. The predicted octanol–water partition coefficient (Wildman–Crippen LogP) is 3.92. The zero-order valence-corrected chi connectivity index (χ0v) is 12.4. The Morgan fingerprint density at radius 3 is 2.95 bits per heavy atom. The van der Waals surface area contributed by atoms with Gasteiger partial charge < -0.3 is 5.32 Å². The molecule has 0 saturated heterocycles. The molecule has 0 spiro atoms. The maximum Gasteiger partial charge on any atom is 0.143 e. The average Bonchev–Trinajstić information content (AvgIpc) is 3.04. The molecule has 0 fully saturated rings. The van der Waals surface area contributed by atoms with Crippen LogP contribution in [0, 0.1) is 0 Å². The molecule has 0 radical (unpaired) electrons. The first-order valence-electron chi connectivity index (χ1n) is 6.38. The molecule has 0 unspecified atom stereocenters. The van der Waals surface area contributed by atoms with E-state index in [1.165, 1.54) is 4.70 Å². The normalized spacial score (nSPS) is 11.2. The van der Waals surface area contributed by atoms with Crippen LogP contribution in [0.5, 0.6) is 0 Å². The van der Waals surface area contributed by atoms with E-state index in [-0.39, 0.29) is 0 Å². The van der Waals surface area contributed by atoms with Gasteiger partial charge in [-0.15, -0.1) is 22.7 Å². The highest BCUT2D eigenvalue weighted by Crippen LogP contribution is 2.30. The average molecular weight is 289 g/mol. The van der Waals surface area contributed by atoms with Gasteiger partial charge in [0, 0.05) is 11.9 Å². The van der Waals surface area contributed by atoms with Crippen molar-refractivity contribution in [3.63, 3.8) is 0 Å². The van der Waals surface area contributed by atoms with Gasteiger partial charge in [0.1, 0.15) is 15.7 Å². The van der Waals surface area contributed by atoms with Crippen LogP contribution < -0.4 is 5.32 Å². The molecule has 0 bridgehead atoms. The largest absolute Gasteiger partial charge is 0.310 e. The van der Waals surface area contributed by atoms with Gasteiger partial charge in [-0.05, 0) is 25.1 Å². The second-order valence-electron chi connectivity index (χ2n) is 4.29. The van der Waals surface area contributed by atoms with Crippen molar-refractivity contribution in [3.8, 4) is 10.7 Å². The number of rotatable bonds is 5. The highest BCUT2D eigenvalue weighted by molar-refractivity contribution is 7.21. The van der Waals surface area contributed by atoms with Crippen LogP contribution in [0.2, 0.25) is 0 Å². The number of nitrogens with one attached hydrogen (secondary N) is 1. The quantitative estimate of drug-likeness (QED) is 0.723. The summed E-state index contributed by atoms with van der Waals surface area (Å²) in [5, 5.41) is 7.61. The summed E-state index contributed by atoms with van der Waals surface area (Å²) in [6, 6.07) is 8.22. The van der Waals surface area contributed by atoms with Crippen molar-refractivity contribution in [2.45, 2.75) is 19.9 Å². The number of nitrogens with zero attached hydrogens (tertiary/aromatic N) is 2. The Morgan fingerprint density at radius 1 is 1.21 bits per heavy atom. The van der Waals surface area contributed by atoms with Gasteiger partial charge in [0.05, 0.1) is 10.2 Å². The summed E-state index contributed by atoms with van der Waals surface area (Å²) in [5.74, 6) is 0. The Balaban J connectivity index is 1.81. The molecule has 98 valence electrons. The standard InChI is InChI=1S/C14H15N3S2/c1-2-7-15-8-13-16-11(9-18-13)14-17-10-5-3-4-6-12(10)19-14/h3-6,9,15H,2,7-8H2,1H3. The van der Waals surface area contributed by atoms with E-state index in [1.54, 1.807) is 22.7 Å². The van der Waals surface area contributed by atoms with E-state index in [0.29, 0.717) is 0 Å². The van der Waals surface area contributed by atoms with Crippen LogP contribution in [-0.2, 0) is 6.54 Å². The molecule has 2 aromatic heterocycles. The molecule has 0 aliphatic rings. The SMILES string of the molecule is CCCNCc1nc(-c2nc3ccccc3s2)cs1. The summed E-state index contributed by atoms with van der Waals surface area (Å²) >= 11 is 3.40. The monoisotopic (exact) mass is 289 g/mol. The van der Waals surface area contributed by atoms with Gasteiger partial charge in [0.2, 0.25) is 0 Å². The van der Waals surface area contributed by atoms with Crippen LogP contribution in [0.3, 0.4) is 0 Å². The smallest absolute Gasteiger partial charge is 0.143 e. The molecule has 0 amide bonds. The molecule has 0 aliphatic heterocycles. The third-order valence-corrected chi connectivity index (χ3v) is 4.68. The lowest BCUT2D eigenvalue weighted by atomic mass is 10.3. The van der Waals surface area contributed by atoms with E-state index in [0.717, 1.165) is 40.7 Å². The van der Waals surface area contributed by atoms with E-state index >= 15 is 0 Å². The number of hydrogen-bond donors (Lipinski definition) is 1. The van der Waals surface area contributed by atoms with Crippen LogP contribution in [0.4, 0.5) is 0 Å². The Kier molecular flexibility index (Phi) is 3.87. The van der Waals surface area contributed by atoms with E-state index in [9.17, 15) is 0 Å². The van der Waals surface area contributed by atoms with Crippen LogP contribution in [0.25, 0.3) is 20.9 Å². The van der Waals surface area contributed by atoms with E-state index in [2.05, 4.69) is 33.7 Å². The van der Waals surface area contributed by atoms with Crippen LogP contribution in [-0.4, -0.2) is 16.5 Å². The van der Waals surface area contributed by atoms with Gasteiger partial charge in [-0.2, -0.15) is 0 Å². The van der Waals surface area contributed by atoms with Gasteiger partial charge in [-0.3, -0.25) is 0 Å². The summed E-state index contributed by atoms with van der Waals surface area (Å²) in [7, 11) is 0. The minimum atomic E-state index is 0.851. The van der Waals surface area contributed by atoms with Crippen molar-refractivity contribution in [3.05, 3.63) is 34.7 Å². The molecule has 0 saturated carbocycles. The second kappa shape index (κ2) is 5.77. The molecule has 3 nitrogen and oxygen atoms in total. The minimum Gasteiger partial charge on any atom is -0.310 e. The number of aromatic nitrogens is 2. The fraction of sp³-hybridized carbons (Fsp3) is 0.286. The highest BCUT2D eigenvalue weighted by atomic mass is 32.1. The molecule has 5 heteroatoms. The number of hydrogen-bond acceptors (Lipinski definition) is 5. The molecule has 0 atom stereocenters. The molecular formula is C14H15N3S2. The fourth-order valence-electron chi connectivity index (χ4n) is 1.84. The highest BCUT2D eigenvalue weighted by Gasteiger charge is 2.09. The first kappa shape index (κ1) is 12.7. The topological polar surface area (TPSA) is 37.8 Å². The van der Waals surface area contributed by atoms with Crippen molar-refractivity contribution in [2.24, 2.45) is 0 Å². The Labute approximate surface area is 120 Å². The molecule has 0 aliphatic carbocycles. The summed E-state index contributed by atoms with van der Waals surface area (Å²) in [6.07, 6.45) is 1.15. The van der Waals surface area contributed by atoms with Crippen molar-refractivity contribution in [2.75, 3.05) is 6.54 Å². The lowest BCUT2D eigenvalue weighted by Crippen LogP contribution is -2.13. The predicted molar refractivity (Wildman–Crippen MR) is 82.7 cm³/mol. The summed E-state index contributed by atoms with van der Waals surface area (Å²) in [6.45, 7) is 4.06. The molecule has 3 aromatic rings. The van der Waals surface area contributed by atoms with E-state index < -0.39 is 0 Å². The summed E-state index contributed by atoms with van der Waals surface area (Å²) in [4.78, 5) is 9.29. The summed E-state index contributed by atoms with van der Waals surface area (Å²) < 4.78 is 1.22. The van der Waals surface area contributed by atoms with Crippen molar-refractivity contribution >= 4 is 32.9 Å². The number of para-hydroxylation sites is 1.